The number of hydrogen-bond donors (Lipinski definition) is 2. The first-order valence-corrected chi connectivity index (χ1v) is 6.24. The van der Waals surface area contributed by atoms with Crippen molar-refractivity contribution >= 4 is 17.8 Å². The van der Waals surface area contributed by atoms with Crippen LogP contribution in [0.1, 0.15) is 31.7 Å². The van der Waals surface area contributed by atoms with E-state index in [1.165, 1.54) is 0 Å². The van der Waals surface area contributed by atoms with E-state index in [9.17, 15) is 14.4 Å². The Morgan fingerprint density at radius 2 is 1.58 bits per heavy atom. The quantitative estimate of drug-likeness (QED) is 0.810. The van der Waals surface area contributed by atoms with E-state index in [4.69, 9.17) is 0 Å². The molecule has 0 aliphatic carbocycles. The Morgan fingerprint density at radius 3 is 2.05 bits per heavy atom. The van der Waals surface area contributed by atoms with Crippen molar-refractivity contribution in [1.82, 2.24) is 10.6 Å². The molecule has 100 valence electrons. The molecule has 4 amide bonds. The summed E-state index contributed by atoms with van der Waals surface area (Å²) in [6.07, 6.45) is 0.327. The van der Waals surface area contributed by atoms with Gasteiger partial charge in [-0.1, -0.05) is 44.2 Å². The van der Waals surface area contributed by atoms with Gasteiger partial charge in [0.05, 0.1) is 0 Å². The van der Waals surface area contributed by atoms with Gasteiger partial charge >= 0.3 is 6.03 Å². The number of amides is 4. The Hall–Kier alpha value is -2.17. The molecular formula is C14H16N2O3. The SMILES string of the molecule is CCC1([C@@H](C)c2ccccc2)C(=O)NC(=O)NC1=O. The van der Waals surface area contributed by atoms with Crippen molar-refractivity contribution in [2.75, 3.05) is 0 Å². The normalized spacial score (nSPS) is 19.6. The Labute approximate surface area is 111 Å². The van der Waals surface area contributed by atoms with Gasteiger partial charge in [0.15, 0.2) is 0 Å². The molecule has 1 aromatic carbocycles. The molecule has 0 aromatic heterocycles. The summed E-state index contributed by atoms with van der Waals surface area (Å²) in [5, 5.41) is 4.38. The van der Waals surface area contributed by atoms with Gasteiger partial charge in [0.2, 0.25) is 11.8 Å². The predicted octanol–water partition coefficient (Wildman–Crippen LogP) is 1.55. The summed E-state index contributed by atoms with van der Waals surface area (Å²) in [5.74, 6) is -1.37. The third-order valence-electron chi connectivity index (χ3n) is 3.86. The molecule has 2 N–H and O–H groups in total. The van der Waals surface area contributed by atoms with E-state index in [-0.39, 0.29) is 5.92 Å². The molecule has 0 saturated carbocycles. The number of benzene rings is 1. The second-order valence-corrected chi connectivity index (χ2v) is 4.69. The number of carbonyl (C=O) groups is 3. The lowest BCUT2D eigenvalue weighted by atomic mass is 9.69. The van der Waals surface area contributed by atoms with E-state index in [0.717, 1.165) is 5.56 Å². The number of urea groups is 1. The summed E-state index contributed by atoms with van der Waals surface area (Å²) >= 11 is 0. The van der Waals surface area contributed by atoms with E-state index in [1.54, 1.807) is 6.92 Å². The molecule has 1 aliphatic rings. The number of barbiturate groups is 1. The number of nitrogens with one attached hydrogen (secondary N) is 2. The minimum Gasteiger partial charge on any atom is -0.277 e. The lowest BCUT2D eigenvalue weighted by Gasteiger charge is -2.38. The predicted molar refractivity (Wildman–Crippen MR) is 69.3 cm³/mol. The van der Waals surface area contributed by atoms with E-state index >= 15 is 0 Å². The lowest BCUT2D eigenvalue weighted by molar-refractivity contribution is -0.146. The molecule has 1 atom stereocenters. The summed E-state index contributed by atoms with van der Waals surface area (Å²) in [4.78, 5) is 35.6. The average Bonchev–Trinajstić information content (AvgIpc) is 2.39. The zero-order chi connectivity index (χ0) is 14.0. The van der Waals surface area contributed by atoms with Crippen LogP contribution in [0.15, 0.2) is 30.3 Å². The fraction of sp³-hybridized carbons (Fsp3) is 0.357. The van der Waals surface area contributed by atoms with Gasteiger partial charge in [-0.15, -0.1) is 0 Å². The molecule has 19 heavy (non-hydrogen) atoms. The molecule has 0 unspecified atom stereocenters. The number of rotatable bonds is 3. The van der Waals surface area contributed by atoms with Crippen LogP contribution in [-0.4, -0.2) is 17.8 Å². The molecule has 0 bridgehead atoms. The Bertz CT molecular complexity index is 505. The molecule has 1 aromatic rings. The molecule has 5 nitrogen and oxygen atoms in total. The Morgan fingerprint density at radius 1 is 1.05 bits per heavy atom. The second kappa shape index (κ2) is 4.84. The Balaban J connectivity index is 2.45. The number of imide groups is 2. The van der Waals surface area contributed by atoms with Crippen LogP contribution in [0, 0.1) is 5.41 Å². The molecule has 1 saturated heterocycles. The van der Waals surface area contributed by atoms with Crippen molar-refractivity contribution in [3.05, 3.63) is 35.9 Å². The number of carbonyl (C=O) groups excluding carboxylic acids is 3. The van der Waals surface area contributed by atoms with E-state index in [1.807, 2.05) is 37.3 Å². The monoisotopic (exact) mass is 260 g/mol. The number of hydrogen-bond acceptors (Lipinski definition) is 3. The van der Waals surface area contributed by atoms with Crippen LogP contribution in [-0.2, 0) is 9.59 Å². The summed E-state index contributed by atoms with van der Waals surface area (Å²) in [6, 6.07) is 8.59. The first kappa shape index (κ1) is 13.3. The summed E-state index contributed by atoms with van der Waals surface area (Å²) in [5.41, 5.74) is -0.348. The molecule has 0 spiro atoms. The minimum absolute atomic E-state index is 0.313. The van der Waals surface area contributed by atoms with E-state index in [2.05, 4.69) is 10.6 Å². The highest BCUT2D eigenvalue weighted by molar-refractivity contribution is 6.19. The van der Waals surface area contributed by atoms with Gasteiger partial charge in [-0.25, -0.2) is 4.79 Å². The maximum atomic E-state index is 12.2. The third kappa shape index (κ3) is 2.01. The highest BCUT2D eigenvalue weighted by atomic mass is 16.2. The Kier molecular flexibility index (Phi) is 3.38. The van der Waals surface area contributed by atoms with Gasteiger partial charge < -0.3 is 0 Å². The van der Waals surface area contributed by atoms with Gasteiger partial charge in [-0.2, -0.15) is 0 Å². The van der Waals surface area contributed by atoms with Crippen LogP contribution in [0.3, 0.4) is 0 Å². The van der Waals surface area contributed by atoms with Gasteiger partial charge in [0, 0.05) is 5.92 Å². The topological polar surface area (TPSA) is 75.3 Å². The first-order valence-electron chi connectivity index (χ1n) is 6.24. The van der Waals surface area contributed by atoms with Gasteiger partial charge in [0.1, 0.15) is 5.41 Å². The standard InChI is InChI=1S/C14H16N2O3/c1-3-14(9(2)10-7-5-4-6-8-10)11(17)15-13(19)16-12(14)18/h4-9H,3H2,1-2H3,(H2,15,16,17,18,19)/t9-/m0/s1. The zero-order valence-corrected chi connectivity index (χ0v) is 10.9. The van der Waals surface area contributed by atoms with Crippen molar-refractivity contribution < 1.29 is 14.4 Å². The minimum atomic E-state index is -1.24. The van der Waals surface area contributed by atoms with Gasteiger partial charge in [-0.05, 0) is 12.0 Å². The molecule has 0 radical (unpaired) electrons. The molecular weight excluding hydrogens is 244 g/mol. The zero-order valence-electron chi connectivity index (χ0n) is 10.9. The fourth-order valence-electron chi connectivity index (χ4n) is 2.61. The first-order chi connectivity index (χ1) is 9.02. The van der Waals surface area contributed by atoms with Crippen molar-refractivity contribution in [2.45, 2.75) is 26.2 Å². The molecule has 1 fully saturated rings. The third-order valence-corrected chi connectivity index (χ3v) is 3.86. The molecule has 2 rings (SSSR count). The van der Waals surface area contributed by atoms with Crippen molar-refractivity contribution in [1.29, 1.82) is 0 Å². The van der Waals surface area contributed by atoms with Crippen LogP contribution < -0.4 is 10.6 Å². The lowest BCUT2D eigenvalue weighted by Crippen LogP contribution is -2.63. The summed E-state index contributed by atoms with van der Waals surface area (Å²) < 4.78 is 0. The fourth-order valence-corrected chi connectivity index (χ4v) is 2.61. The molecule has 1 aliphatic heterocycles. The second-order valence-electron chi connectivity index (χ2n) is 4.69. The highest BCUT2D eigenvalue weighted by Gasteiger charge is 2.52. The maximum Gasteiger partial charge on any atom is 0.328 e. The van der Waals surface area contributed by atoms with Crippen LogP contribution in [0.25, 0.3) is 0 Å². The largest absolute Gasteiger partial charge is 0.328 e. The summed E-state index contributed by atoms with van der Waals surface area (Å²) in [7, 11) is 0. The van der Waals surface area contributed by atoms with E-state index < -0.39 is 23.3 Å². The van der Waals surface area contributed by atoms with Crippen molar-refractivity contribution in [3.8, 4) is 0 Å². The van der Waals surface area contributed by atoms with Crippen LogP contribution in [0.2, 0.25) is 0 Å². The van der Waals surface area contributed by atoms with Crippen LogP contribution >= 0.6 is 0 Å². The highest BCUT2D eigenvalue weighted by Crippen LogP contribution is 2.40. The van der Waals surface area contributed by atoms with Crippen LogP contribution in [0.4, 0.5) is 4.79 Å². The average molecular weight is 260 g/mol. The van der Waals surface area contributed by atoms with Crippen molar-refractivity contribution in [3.63, 3.8) is 0 Å². The maximum absolute atomic E-state index is 12.2. The van der Waals surface area contributed by atoms with Crippen LogP contribution in [0.5, 0.6) is 0 Å². The smallest absolute Gasteiger partial charge is 0.277 e. The van der Waals surface area contributed by atoms with Gasteiger partial charge in [0.25, 0.3) is 0 Å². The summed E-state index contributed by atoms with van der Waals surface area (Å²) in [6.45, 7) is 3.60. The molecule has 1 heterocycles. The van der Waals surface area contributed by atoms with Gasteiger partial charge in [-0.3, -0.25) is 20.2 Å². The van der Waals surface area contributed by atoms with E-state index in [0.29, 0.717) is 6.42 Å². The molecule has 5 heteroatoms. The van der Waals surface area contributed by atoms with Crippen molar-refractivity contribution in [2.24, 2.45) is 5.41 Å².